The molecule has 1 amide bonds. The number of rotatable bonds is 3. The fourth-order valence-corrected chi connectivity index (χ4v) is 2.43. The number of nitriles is 1. The Bertz CT molecular complexity index is 470. The Labute approximate surface area is 112 Å². The summed E-state index contributed by atoms with van der Waals surface area (Å²) in [6, 6.07) is 8.43. The molecule has 3 nitrogen and oxygen atoms in total. The monoisotopic (exact) mass is 260 g/mol. The lowest BCUT2D eigenvalue weighted by atomic mass is 9.87. The normalized spacial score (nSPS) is 22.5. The molecule has 0 saturated heterocycles. The first-order valence-corrected chi connectivity index (χ1v) is 6.61. The average molecular weight is 260 g/mol. The van der Waals surface area contributed by atoms with E-state index in [9.17, 15) is 9.18 Å². The molecule has 1 aliphatic rings. The Morgan fingerprint density at radius 2 is 1.89 bits per heavy atom. The number of halogens is 1. The van der Waals surface area contributed by atoms with Gasteiger partial charge in [-0.05, 0) is 43.4 Å². The molecule has 19 heavy (non-hydrogen) atoms. The highest BCUT2D eigenvalue weighted by Crippen LogP contribution is 2.23. The van der Waals surface area contributed by atoms with Crippen molar-refractivity contribution in [2.45, 2.75) is 38.1 Å². The van der Waals surface area contributed by atoms with Crippen molar-refractivity contribution in [3.05, 3.63) is 35.6 Å². The first kappa shape index (κ1) is 13.5. The zero-order valence-electron chi connectivity index (χ0n) is 10.7. The van der Waals surface area contributed by atoms with Gasteiger partial charge in [-0.1, -0.05) is 12.1 Å². The van der Waals surface area contributed by atoms with Gasteiger partial charge in [0.25, 0.3) is 0 Å². The number of benzene rings is 1. The highest BCUT2D eigenvalue weighted by Gasteiger charge is 2.21. The van der Waals surface area contributed by atoms with Crippen molar-refractivity contribution >= 4 is 5.91 Å². The molecule has 1 aromatic carbocycles. The molecule has 1 aliphatic carbocycles. The fourth-order valence-electron chi connectivity index (χ4n) is 2.43. The van der Waals surface area contributed by atoms with Gasteiger partial charge in [-0.3, -0.25) is 4.79 Å². The Morgan fingerprint density at radius 3 is 2.47 bits per heavy atom. The van der Waals surface area contributed by atoms with E-state index in [0.29, 0.717) is 0 Å². The number of amides is 1. The summed E-state index contributed by atoms with van der Waals surface area (Å²) < 4.78 is 12.7. The Balaban J connectivity index is 1.79. The van der Waals surface area contributed by atoms with Crippen LogP contribution in [0, 0.1) is 23.1 Å². The van der Waals surface area contributed by atoms with Crippen LogP contribution in [0.1, 0.15) is 31.2 Å². The van der Waals surface area contributed by atoms with E-state index in [0.717, 1.165) is 31.2 Å². The maximum Gasteiger partial charge on any atom is 0.224 e. The lowest BCUT2D eigenvalue weighted by Crippen LogP contribution is -2.38. The van der Waals surface area contributed by atoms with Crippen LogP contribution in [0.2, 0.25) is 0 Å². The quantitative estimate of drug-likeness (QED) is 0.908. The lowest BCUT2D eigenvalue weighted by Gasteiger charge is -2.25. The van der Waals surface area contributed by atoms with Crippen LogP contribution in [0.4, 0.5) is 4.39 Å². The molecule has 1 N–H and O–H groups in total. The van der Waals surface area contributed by atoms with Crippen molar-refractivity contribution in [3.63, 3.8) is 0 Å². The number of hydrogen-bond acceptors (Lipinski definition) is 2. The largest absolute Gasteiger partial charge is 0.353 e. The van der Waals surface area contributed by atoms with Gasteiger partial charge in [0, 0.05) is 12.0 Å². The summed E-state index contributed by atoms with van der Waals surface area (Å²) in [7, 11) is 0. The van der Waals surface area contributed by atoms with Crippen molar-refractivity contribution in [2.75, 3.05) is 0 Å². The van der Waals surface area contributed by atoms with Gasteiger partial charge in [-0.2, -0.15) is 5.26 Å². The van der Waals surface area contributed by atoms with E-state index in [4.69, 9.17) is 5.26 Å². The summed E-state index contributed by atoms with van der Waals surface area (Å²) in [4.78, 5) is 11.8. The Hall–Kier alpha value is -1.89. The fraction of sp³-hybridized carbons (Fsp3) is 0.467. The average Bonchev–Trinajstić information content (AvgIpc) is 2.42. The molecule has 2 rings (SSSR count). The molecule has 0 spiro atoms. The van der Waals surface area contributed by atoms with Crippen molar-refractivity contribution in [1.29, 1.82) is 5.26 Å². The minimum atomic E-state index is -0.293. The molecule has 0 bridgehead atoms. The molecule has 0 radical (unpaired) electrons. The van der Waals surface area contributed by atoms with Crippen LogP contribution in [0.5, 0.6) is 0 Å². The van der Waals surface area contributed by atoms with Crippen LogP contribution in [0.15, 0.2) is 24.3 Å². The molecule has 0 aromatic heterocycles. The summed E-state index contributed by atoms with van der Waals surface area (Å²) >= 11 is 0. The highest BCUT2D eigenvalue weighted by molar-refractivity contribution is 5.78. The van der Waals surface area contributed by atoms with Gasteiger partial charge < -0.3 is 5.32 Å². The van der Waals surface area contributed by atoms with Gasteiger partial charge in [0.2, 0.25) is 5.91 Å². The van der Waals surface area contributed by atoms with Crippen molar-refractivity contribution in [3.8, 4) is 6.07 Å². The van der Waals surface area contributed by atoms with Crippen LogP contribution in [-0.4, -0.2) is 11.9 Å². The molecule has 4 heteroatoms. The summed E-state index contributed by atoms with van der Waals surface area (Å²) in [5, 5.41) is 11.8. The number of hydrogen-bond donors (Lipinski definition) is 1. The van der Waals surface area contributed by atoms with Gasteiger partial charge in [0.05, 0.1) is 12.5 Å². The molecule has 1 aromatic rings. The minimum Gasteiger partial charge on any atom is -0.353 e. The van der Waals surface area contributed by atoms with Gasteiger partial charge in [-0.15, -0.1) is 0 Å². The van der Waals surface area contributed by atoms with Crippen LogP contribution < -0.4 is 5.32 Å². The maximum atomic E-state index is 12.7. The number of nitrogens with zero attached hydrogens (tertiary/aromatic N) is 1. The lowest BCUT2D eigenvalue weighted by molar-refractivity contribution is -0.121. The first-order chi connectivity index (χ1) is 9.17. The van der Waals surface area contributed by atoms with Gasteiger partial charge in [0.15, 0.2) is 0 Å². The summed E-state index contributed by atoms with van der Waals surface area (Å²) in [5.41, 5.74) is 0.810. The number of carbonyl (C=O) groups is 1. The van der Waals surface area contributed by atoms with E-state index in [2.05, 4.69) is 11.4 Å². The van der Waals surface area contributed by atoms with E-state index in [1.807, 2.05) is 0 Å². The standard InChI is InChI=1S/C15H17FN2O/c16-13-5-1-11(2-6-13)9-15(19)18-14-7-3-12(10-17)4-8-14/h1-2,5-6,12,14H,3-4,7-9H2,(H,18,19). The second-order valence-electron chi connectivity index (χ2n) is 5.05. The van der Waals surface area contributed by atoms with E-state index in [1.165, 1.54) is 12.1 Å². The molecule has 0 unspecified atom stereocenters. The molecule has 0 atom stereocenters. The van der Waals surface area contributed by atoms with E-state index in [-0.39, 0.29) is 30.1 Å². The van der Waals surface area contributed by atoms with E-state index >= 15 is 0 Å². The molecule has 1 fully saturated rings. The zero-order chi connectivity index (χ0) is 13.7. The van der Waals surface area contributed by atoms with Crippen molar-refractivity contribution in [1.82, 2.24) is 5.32 Å². The molecule has 0 aliphatic heterocycles. The van der Waals surface area contributed by atoms with Crippen LogP contribution in [0.25, 0.3) is 0 Å². The molecule has 100 valence electrons. The van der Waals surface area contributed by atoms with Crippen molar-refractivity contribution < 1.29 is 9.18 Å². The third kappa shape index (κ3) is 4.06. The van der Waals surface area contributed by atoms with E-state index < -0.39 is 0 Å². The zero-order valence-corrected chi connectivity index (χ0v) is 10.7. The predicted molar refractivity (Wildman–Crippen MR) is 69.6 cm³/mol. The molecule has 0 heterocycles. The topological polar surface area (TPSA) is 52.9 Å². The summed E-state index contributed by atoms with van der Waals surface area (Å²) in [6.07, 6.45) is 3.73. The van der Waals surface area contributed by atoms with Gasteiger partial charge in [-0.25, -0.2) is 4.39 Å². The first-order valence-electron chi connectivity index (χ1n) is 6.61. The highest BCUT2D eigenvalue weighted by atomic mass is 19.1. The molecular formula is C15H17FN2O. The maximum absolute atomic E-state index is 12.7. The summed E-state index contributed by atoms with van der Waals surface area (Å²) in [5.74, 6) is -0.184. The van der Waals surface area contributed by atoms with E-state index in [1.54, 1.807) is 12.1 Å². The van der Waals surface area contributed by atoms with Crippen molar-refractivity contribution in [2.24, 2.45) is 5.92 Å². The van der Waals surface area contributed by atoms with Crippen LogP contribution in [0.3, 0.4) is 0 Å². The Kier molecular flexibility index (Phi) is 4.51. The Morgan fingerprint density at radius 1 is 1.26 bits per heavy atom. The van der Waals surface area contributed by atoms with Crippen LogP contribution >= 0.6 is 0 Å². The predicted octanol–water partition coefficient (Wildman–Crippen LogP) is 2.57. The van der Waals surface area contributed by atoms with Crippen LogP contribution in [-0.2, 0) is 11.2 Å². The second kappa shape index (κ2) is 6.33. The SMILES string of the molecule is N#CC1CCC(NC(=O)Cc2ccc(F)cc2)CC1. The van der Waals surface area contributed by atoms with Gasteiger partial charge >= 0.3 is 0 Å². The second-order valence-corrected chi connectivity index (χ2v) is 5.05. The number of nitrogens with one attached hydrogen (secondary N) is 1. The number of carbonyl (C=O) groups excluding carboxylic acids is 1. The molecular weight excluding hydrogens is 243 g/mol. The third-order valence-corrected chi connectivity index (χ3v) is 3.55. The molecule has 1 saturated carbocycles. The third-order valence-electron chi connectivity index (χ3n) is 3.55. The van der Waals surface area contributed by atoms with Gasteiger partial charge in [0.1, 0.15) is 5.82 Å². The minimum absolute atomic E-state index is 0.0352. The summed E-state index contributed by atoms with van der Waals surface area (Å²) in [6.45, 7) is 0. The smallest absolute Gasteiger partial charge is 0.224 e.